The Morgan fingerprint density at radius 3 is 2.78 bits per heavy atom. The smallest absolute Gasteiger partial charge is 0.0520 e. The molecule has 0 radical (unpaired) electrons. The molecule has 3 heteroatoms. The van der Waals surface area contributed by atoms with Gasteiger partial charge in [0.1, 0.15) is 0 Å². The summed E-state index contributed by atoms with van der Waals surface area (Å²) >= 11 is 3.54. The predicted molar refractivity (Wildman–Crippen MR) is 77.8 cm³/mol. The van der Waals surface area contributed by atoms with Crippen molar-refractivity contribution in [1.82, 2.24) is 4.98 Å². The number of benzene rings is 1. The predicted octanol–water partition coefficient (Wildman–Crippen LogP) is 4.50. The molecule has 0 spiro atoms. The Morgan fingerprint density at radius 2 is 2.00 bits per heavy atom. The van der Waals surface area contributed by atoms with Crippen molar-refractivity contribution in [2.75, 3.05) is 5.32 Å². The Balaban J connectivity index is 1.95. The maximum Gasteiger partial charge on any atom is 0.0520 e. The summed E-state index contributed by atoms with van der Waals surface area (Å²) in [7, 11) is 0. The van der Waals surface area contributed by atoms with Gasteiger partial charge >= 0.3 is 0 Å². The standard InChI is InChI=1S/C15H15BrN2/c1-10-8-15(11-4-6-17-7-5-11)18-14-3-2-12(16)9-13(10)14/h2-7,9-10,15,18H,8H2,1H3/t10-,15-/m0/s1. The molecule has 1 aliphatic rings. The van der Waals surface area contributed by atoms with Crippen molar-refractivity contribution in [2.24, 2.45) is 0 Å². The minimum absolute atomic E-state index is 0.386. The first kappa shape index (κ1) is 11.7. The van der Waals surface area contributed by atoms with Crippen molar-refractivity contribution in [1.29, 1.82) is 0 Å². The Kier molecular flexibility index (Phi) is 3.08. The van der Waals surface area contributed by atoms with E-state index in [0.29, 0.717) is 12.0 Å². The van der Waals surface area contributed by atoms with Crippen molar-refractivity contribution in [3.05, 3.63) is 58.3 Å². The van der Waals surface area contributed by atoms with E-state index in [1.54, 1.807) is 0 Å². The summed E-state index contributed by atoms with van der Waals surface area (Å²) in [6, 6.07) is 11.0. The lowest BCUT2D eigenvalue weighted by Gasteiger charge is -2.32. The molecule has 1 aliphatic heterocycles. The van der Waals surface area contributed by atoms with Crippen LogP contribution in [-0.2, 0) is 0 Å². The number of aromatic nitrogens is 1. The number of halogens is 1. The molecule has 18 heavy (non-hydrogen) atoms. The summed E-state index contributed by atoms with van der Waals surface area (Å²) in [5, 5.41) is 3.62. The zero-order chi connectivity index (χ0) is 12.5. The number of anilines is 1. The van der Waals surface area contributed by atoms with Gasteiger partial charge in [-0.1, -0.05) is 22.9 Å². The van der Waals surface area contributed by atoms with Gasteiger partial charge in [-0.25, -0.2) is 0 Å². The Bertz CT molecular complexity index is 554. The van der Waals surface area contributed by atoms with Crippen molar-refractivity contribution in [3.63, 3.8) is 0 Å². The van der Waals surface area contributed by atoms with Gasteiger partial charge in [-0.05, 0) is 53.8 Å². The minimum Gasteiger partial charge on any atom is -0.378 e. The second-order valence-electron chi connectivity index (χ2n) is 4.85. The normalized spacial score (nSPS) is 22.1. The van der Waals surface area contributed by atoms with Crippen LogP contribution in [0.5, 0.6) is 0 Å². The Labute approximate surface area is 116 Å². The van der Waals surface area contributed by atoms with Crippen molar-refractivity contribution in [3.8, 4) is 0 Å². The van der Waals surface area contributed by atoms with Crippen LogP contribution < -0.4 is 5.32 Å². The first-order valence-corrected chi connectivity index (χ1v) is 6.99. The highest BCUT2D eigenvalue weighted by atomic mass is 79.9. The molecule has 3 rings (SSSR count). The number of nitrogens with zero attached hydrogens (tertiary/aromatic N) is 1. The SMILES string of the molecule is C[C@H]1C[C@@H](c2ccncc2)Nc2ccc(Br)cc21. The molecular formula is C15H15BrN2. The zero-order valence-electron chi connectivity index (χ0n) is 10.2. The zero-order valence-corrected chi connectivity index (χ0v) is 11.8. The van der Waals surface area contributed by atoms with E-state index in [1.165, 1.54) is 16.8 Å². The molecule has 1 aromatic heterocycles. The summed E-state index contributed by atoms with van der Waals surface area (Å²) in [4.78, 5) is 4.08. The van der Waals surface area contributed by atoms with Crippen LogP contribution in [0.15, 0.2) is 47.2 Å². The number of hydrogen-bond donors (Lipinski definition) is 1. The summed E-state index contributed by atoms with van der Waals surface area (Å²) in [6.45, 7) is 2.29. The van der Waals surface area contributed by atoms with Gasteiger partial charge in [-0.15, -0.1) is 0 Å². The Hall–Kier alpha value is -1.35. The maximum atomic E-state index is 4.08. The Morgan fingerprint density at radius 1 is 1.22 bits per heavy atom. The number of fused-ring (bicyclic) bond motifs is 1. The van der Waals surface area contributed by atoms with Gasteiger partial charge in [0, 0.05) is 22.6 Å². The molecule has 2 nitrogen and oxygen atoms in total. The van der Waals surface area contributed by atoms with Gasteiger partial charge < -0.3 is 5.32 Å². The average Bonchev–Trinajstić information content (AvgIpc) is 2.40. The van der Waals surface area contributed by atoms with E-state index in [0.717, 1.165) is 10.9 Å². The quantitative estimate of drug-likeness (QED) is 0.838. The van der Waals surface area contributed by atoms with E-state index in [4.69, 9.17) is 0 Å². The fourth-order valence-electron chi connectivity index (χ4n) is 2.62. The lowest BCUT2D eigenvalue weighted by atomic mass is 9.86. The van der Waals surface area contributed by atoms with Gasteiger partial charge in [0.25, 0.3) is 0 Å². The van der Waals surface area contributed by atoms with Crippen LogP contribution in [0, 0.1) is 0 Å². The van der Waals surface area contributed by atoms with Gasteiger partial charge in [-0.2, -0.15) is 0 Å². The van der Waals surface area contributed by atoms with Crippen LogP contribution in [0.2, 0.25) is 0 Å². The monoisotopic (exact) mass is 302 g/mol. The highest BCUT2D eigenvalue weighted by Crippen LogP contribution is 2.40. The summed E-state index contributed by atoms with van der Waals surface area (Å²) in [6.07, 6.45) is 4.84. The van der Waals surface area contributed by atoms with Crippen molar-refractivity contribution >= 4 is 21.6 Å². The van der Waals surface area contributed by atoms with E-state index in [1.807, 2.05) is 12.4 Å². The minimum atomic E-state index is 0.386. The molecule has 0 unspecified atom stereocenters. The second kappa shape index (κ2) is 4.73. The molecule has 2 heterocycles. The number of pyridine rings is 1. The third kappa shape index (κ3) is 2.15. The molecule has 1 N–H and O–H groups in total. The highest BCUT2D eigenvalue weighted by Gasteiger charge is 2.24. The summed E-state index contributed by atoms with van der Waals surface area (Å²) in [5.41, 5.74) is 3.96. The van der Waals surface area contributed by atoms with Crippen LogP contribution >= 0.6 is 15.9 Å². The number of rotatable bonds is 1. The number of nitrogens with one attached hydrogen (secondary N) is 1. The van der Waals surface area contributed by atoms with Crippen LogP contribution in [0.3, 0.4) is 0 Å². The van der Waals surface area contributed by atoms with Gasteiger partial charge in [0.2, 0.25) is 0 Å². The first-order chi connectivity index (χ1) is 8.74. The molecule has 0 bridgehead atoms. The highest BCUT2D eigenvalue weighted by molar-refractivity contribution is 9.10. The van der Waals surface area contributed by atoms with Crippen LogP contribution in [0.4, 0.5) is 5.69 Å². The van der Waals surface area contributed by atoms with E-state index >= 15 is 0 Å². The third-order valence-corrected chi connectivity index (χ3v) is 4.07. The summed E-state index contributed by atoms with van der Waals surface area (Å²) < 4.78 is 1.15. The lowest BCUT2D eigenvalue weighted by molar-refractivity contribution is 0.578. The number of hydrogen-bond acceptors (Lipinski definition) is 2. The molecule has 2 aromatic rings. The molecule has 2 atom stereocenters. The van der Waals surface area contributed by atoms with Gasteiger partial charge in [-0.3, -0.25) is 4.98 Å². The molecule has 0 saturated heterocycles. The van der Waals surface area contributed by atoms with Crippen LogP contribution in [0.25, 0.3) is 0 Å². The molecule has 92 valence electrons. The largest absolute Gasteiger partial charge is 0.378 e. The van der Waals surface area contributed by atoms with E-state index in [-0.39, 0.29) is 0 Å². The molecular weight excluding hydrogens is 288 g/mol. The van der Waals surface area contributed by atoms with Gasteiger partial charge in [0.05, 0.1) is 6.04 Å². The summed E-state index contributed by atoms with van der Waals surface area (Å²) in [5.74, 6) is 0.567. The topological polar surface area (TPSA) is 24.9 Å². The fourth-order valence-corrected chi connectivity index (χ4v) is 2.99. The van der Waals surface area contributed by atoms with Gasteiger partial charge in [0.15, 0.2) is 0 Å². The van der Waals surface area contributed by atoms with E-state index in [9.17, 15) is 0 Å². The second-order valence-corrected chi connectivity index (χ2v) is 5.76. The van der Waals surface area contributed by atoms with Crippen LogP contribution in [0.1, 0.15) is 36.4 Å². The fraction of sp³-hybridized carbons (Fsp3) is 0.267. The molecule has 1 aromatic carbocycles. The molecule has 0 fully saturated rings. The molecule has 0 aliphatic carbocycles. The van der Waals surface area contributed by atoms with Crippen molar-refractivity contribution < 1.29 is 0 Å². The molecule has 0 amide bonds. The van der Waals surface area contributed by atoms with E-state index in [2.05, 4.69) is 63.5 Å². The first-order valence-electron chi connectivity index (χ1n) is 6.20. The van der Waals surface area contributed by atoms with Crippen LogP contribution in [-0.4, -0.2) is 4.98 Å². The average molecular weight is 303 g/mol. The maximum absolute atomic E-state index is 4.08. The lowest BCUT2D eigenvalue weighted by Crippen LogP contribution is -2.20. The third-order valence-electron chi connectivity index (χ3n) is 3.57. The van der Waals surface area contributed by atoms with Crippen molar-refractivity contribution in [2.45, 2.75) is 25.3 Å². The van der Waals surface area contributed by atoms with E-state index < -0.39 is 0 Å². The molecule has 0 saturated carbocycles.